The van der Waals surface area contributed by atoms with Gasteiger partial charge in [0.1, 0.15) is 11.5 Å². The molecule has 2 aromatic heterocycles. The molecule has 0 saturated heterocycles. The molecule has 0 bridgehead atoms. The molecule has 1 saturated carbocycles. The molecule has 1 aliphatic heterocycles. The minimum atomic E-state index is -1.25. The maximum Gasteiger partial charge on any atom is 0.309 e. The van der Waals surface area contributed by atoms with Crippen LogP contribution in [-0.4, -0.2) is 38.0 Å². The van der Waals surface area contributed by atoms with Crippen molar-refractivity contribution in [2.45, 2.75) is 59.5 Å². The molecule has 37 heavy (non-hydrogen) atoms. The standard InChI is InChI=1S/C28H30F3N3O3/c1-27(2)17(6-8-28(27,3)26(36)37)12-24(35)33-10-7-18-19-5-4-9-32-25(19)34(23(18)15-33)14-16-11-21(30)22(31)13-20(16)29/h4-5,9,11,13,17H,6-8,10,12,14-15H2,1-3H3,(H,36,37)/t17-,28+/m1/s1. The zero-order chi connectivity index (χ0) is 26.7. The summed E-state index contributed by atoms with van der Waals surface area (Å²) in [6, 6.07) is 5.13. The van der Waals surface area contributed by atoms with Gasteiger partial charge in [-0.25, -0.2) is 18.2 Å². The number of hydrogen-bond acceptors (Lipinski definition) is 3. The Labute approximate surface area is 213 Å². The first-order valence-corrected chi connectivity index (χ1v) is 12.5. The average Bonchev–Trinajstić information content (AvgIpc) is 3.29. The molecule has 1 N–H and O–H groups in total. The largest absolute Gasteiger partial charge is 0.481 e. The molecule has 0 spiro atoms. The lowest BCUT2D eigenvalue weighted by Crippen LogP contribution is -2.43. The molecule has 6 nitrogen and oxygen atoms in total. The third-order valence-corrected chi connectivity index (χ3v) is 9.11. The molecule has 1 amide bonds. The highest BCUT2D eigenvalue weighted by Gasteiger charge is 2.56. The van der Waals surface area contributed by atoms with Gasteiger partial charge in [-0.2, -0.15) is 0 Å². The van der Waals surface area contributed by atoms with Crippen molar-refractivity contribution in [2.24, 2.45) is 16.7 Å². The molecule has 0 unspecified atom stereocenters. The van der Waals surface area contributed by atoms with E-state index in [2.05, 4.69) is 4.98 Å². The minimum absolute atomic E-state index is 0.00614. The van der Waals surface area contributed by atoms with Gasteiger partial charge in [0, 0.05) is 41.9 Å². The van der Waals surface area contributed by atoms with Crippen molar-refractivity contribution in [3.05, 3.63) is 64.7 Å². The number of hydrogen-bond donors (Lipinski definition) is 1. The monoisotopic (exact) mass is 513 g/mol. The van der Waals surface area contributed by atoms with Crippen LogP contribution in [0.5, 0.6) is 0 Å². The van der Waals surface area contributed by atoms with Gasteiger partial charge in [-0.05, 0) is 61.3 Å². The number of halogens is 3. The van der Waals surface area contributed by atoms with Crippen LogP contribution in [0.3, 0.4) is 0 Å². The first-order chi connectivity index (χ1) is 17.4. The van der Waals surface area contributed by atoms with Gasteiger partial charge in [-0.1, -0.05) is 13.8 Å². The van der Waals surface area contributed by atoms with E-state index in [0.717, 1.165) is 22.7 Å². The number of amides is 1. The summed E-state index contributed by atoms with van der Waals surface area (Å²) in [5.41, 5.74) is 0.958. The van der Waals surface area contributed by atoms with E-state index in [1.807, 2.05) is 26.0 Å². The summed E-state index contributed by atoms with van der Waals surface area (Å²) in [4.78, 5) is 31.7. The molecule has 2 atom stereocenters. The lowest BCUT2D eigenvalue weighted by Gasteiger charge is -2.39. The van der Waals surface area contributed by atoms with E-state index in [9.17, 15) is 27.9 Å². The van der Waals surface area contributed by atoms with Crippen LogP contribution in [0.25, 0.3) is 11.0 Å². The fourth-order valence-corrected chi connectivity index (χ4v) is 6.17. The number of carboxylic acid groups (broad SMARTS) is 1. The summed E-state index contributed by atoms with van der Waals surface area (Å²) in [5.74, 6) is -4.17. The highest BCUT2D eigenvalue weighted by atomic mass is 19.2. The number of aromatic nitrogens is 2. The van der Waals surface area contributed by atoms with Crippen molar-refractivity contribution in [3.8, 4) is 0 Å². The van der Waals surface area contributed by atoms with Gasteiger partial charge in [-0.3, -0.25) is 9.59 Å². The zero-order valence-electron chi connectivity index (χ0n) is 21.2. The number of benzene rings is 1. The van der Waals surface area contributed by atoms with Gasteiger partial charge < -0.3 is 14.6 Å². The Morgan fingerprint density at radius 1 is 1.14 bits per heavy atom. The van der Waals surface area contributed by atoms with Crippen LogP contribution >= 0.6 is 0 Å². The second-order valence-corrected chi connectivity index (χ2v) is 11.1. The molecule has 0 radical (unpaired) electrons. The van der Waals surface area contributed by atoms with Crippen LogP contribution in [0.1, 0.15) is 56.9 Å². The number of rotatable bonds is 5. The highest BCUT2D eigenvalue weighted by molar-refractivity contribution is 5.84. The van der Waals surface area contributed by atoms with Crippen LogP contribution in [0.2, 0.25) is 0 Å². The van der Waals surface area contributed by atoms with Crippen LogP contribution in [0, 0.1) is 34.2 Å². The predicted octanol–water partition coefficient (Wildman–Crippen LogP) is 5.30. The maximum atomic E-state index is 14.5. The number of carbonyl (C=O) groups is 2. The van der Waals surface area contributed by atoms with Gasteiger partial charge in [0.2, 0.25) is 5.91 Å². The van der Waals surface area contributed by atoms with Crippen molar-refractivity contribution < 1.29 is 27.9 Å². The average molecular weight is 514 g/mol. The maximum absolute atomic E-state index is 14.5. The van der Waals surface area contributed by atoms with Gasteiger partial charge in [0.15, 0.2) is 11.6 Å². The zero-order valence-corrected chi connectivity index (χ0v) is 21.2. The van der Waals surface area contributed by atoms with E-state index in [4.69, 9.17) is 0 Å². The molecule has 1 aliphatic carbocycles. The van der Waals surface area contributed by atoms with Gasteiger partial charge in [-0.15, -0.1) is 0 Å². The van der Waals surface area contributed by atoms with Crippen molar-refractivity contribution in [1.82, 2.24) is 14.5 Å². The summed E-state index contributed by atoms with van der Waals surface area (Å²) >= 11 is 0. The molecule has 2 aliphatic rings. The molecule has 1 fully saturated rings. The Bertz CT molecular complexity index is 1420. The van der Waals surface area contributed by atoms with Crippen LogP contribution in [-0.2, 0) is 29.1 Å². The summed E-state index contributed by atoms with van der Waals surface area (Å²) < 4.78 is 43.7. The minimum Gasteiger partial charge on any atom is -0.481 e. The number of carbonyl (C=O) groups excluding carboxylic acids is 1. The quantitative estimate of drug-likeness (QED) is 0.470. The predicted molar refractivity (Wildman–Crippen MR) is 131 cm³/mol. The Morgan fingerprint density at radius 2 is 1.86 bits per heavy atom. The van der Waals surface area contributed by atoms with E-state index in [0.29, 0.717) is 37.5 Å². The second kappa shape index (κ2) is 8.89. The Hall–Kier alpha value is -3.36. The SMILES string of the molecule is CC1(C)[C@@H](CC(=O)N2CCc3c(n(Cc4cc(F)c(F)cc4F)c4ncccc34)C2)CC[C@@]1(C)C(=O)O. The Kier molecular flexibility index (Phi) is 6.08. The van der Waals surface area contributed by atoms with Crippen molar-refractivity contribution in [1.29, 1.82) is 0 Å². The fourth-order valence-electron chi connectivity index (χ4n) is 6.17. The molecule has 1 aromatic carbocycles. The van der Waals surface area contributed by atoms with Crippen LogP contribution in [0.15, 0.2) is 30.5 Å². The molecule has 3 heterocycles. The van der Waals surface area contributed by atoms with Gasteiger partial charge >= 0.3 is 5.97 Å². The first kappa shape index (κ1) is 25.3. The van der Waals surface area contributed by atoms with E-state index >= 15 is 0 Å². The summed E-state index contributed by atoms with van der Waals surface area (Å²) in [6.45, 7) is 6.35. The highest BCUT2D eigenvalue weighted by Crippen LogP contribution is 2.57. The third-order valence-electron chi connectivity index (χ3n) is 9.11. The number of pyridine rings is 1. The molecule has 196 valence electrons. The Morgan fingerprint density at radius 3 is 2.57 bits per heavy atom. The molecule has 9 heteroatoms. The smallest absolute Gasteiger partial charge is 0.309 e. The topological polar surface area (TPSA) is 75.4 Å². The second-order valence-electron chi connectivity index (χ2n) is 11.1. The van der Waals surface area contributed by atoms with E-state index in [-0.39, 0.29) is 36.9 Å². The number of nitrogens with zero attached hydrogens (tertiary/aromatic N) is 3. The normalized spacial score (nSPS) is 22.9. The number of carboxylic acids is 1. The molecular weight excluding hydrogens is 483 g/mol. The van der Waals surface area contributed by atoms with E-state index in [1.165, 1.54) is 0 Å². The lowest BCUT2D eigenvalue weighted by molar-refractivity contribution is -0.155. The van der Waals surface area contributed by atoms with Crippen LogP contribution < -0.4 is 0 Å². The number of aliphatic carboxylic acids is 1. The first-order valence-electron chi connectivity index (χ1n) is 12.5. The lowest BCUT2D eigenvalue weighted by atomic mass is 9.65. The van der Waals surface area contributed by atoms with E-state index in [1.54, 1.807) is 22.6 Å². The molecular formula is C28H30F3N3O3. The summed E-state index contributed by atoms with van der Waals surface area (Å²) in [7, 11) is 0. The van der Waals surface area contributed by atoms with Crippen LogP contribution in [0.4, 0.5) is 13.2 Å². The summed E-state index contributed by atoms with van der Waals surface area (Å²) in [5, 5.41) is 10.7. The van der Waals surface area contributed by atoms with E-state index < -0.39 is 34.3 Å². The molecule has 3 aromatic rings. The van der Waals surface area contributed by atoms with Gasteiger partial charge in [0.05, 0.1) is 18.5 Å². The number of fused-ring (bicyclic) bond motifs is 3. The third kappa shape index (κ3) is 3.99. The van der Waals surface area contributed by atoms with Crippen molar-refractivity contribution in [2.75, 3.05) is 6.54 Å². The molecule has 5 rings (SSSR count). The Balaban J connectivity index is 1.44. The van der Waals surface area contributed by atoms with Crippen molar-refractivity contribution in [3.63, 3.8) is 0 Å². The van der Waals surface area contributed by atoms with Gasteiger partial charge in [0.25, 0.3) is 0 Å². The summed E-state index contributed by atoms with van der Waals surface area (Å²) in [6.07, 6.45) is 3.65. The van der Waals surface area contributed by atoms with Crippen molar-refractivity contribution >= 4 is 22.9 Å². The fraction of sp³-hybridized carbons (Fsp3) is 0.464.